The lowest BCUT2D eigenvalue weighted by atomic mass is 9.96. The zero-order chi connectivity index (χ0) is 27.9. The number of rotatable bonds is 8. The van der Waals surface area contributed by atoms with Gasteiger partial charge in [-0.05, 0) is 68.7 Å². The number of allylic oxidation sites excluding steroid dienone is 1. The van der Waals surface area contributed by atoms with E-state index < -0.39 is 23.6 Å². The van der Waals surface area contributed by atoms with Gasteiger partial charge in [-0.3, -0.25) is 4.79 Å². The number of nitrogens with zero attached hydrogens (tertiary/aromatic N) is 2. The molecule has 198 valence electrons. The molecule has 2 aromatic rings. The van der Waals surface area contributed by atoms with Crippen LogP contribution in [0.1, 0.15) is 38.8 Å². The molecule has 0 spiro atoms. The number of ether oxygens (including phenoxy) is 5. The minimum Gasteiger partial charge on any atom is -0.495 e. The summed E-state index contributed by atoms with van der Waals surface area (Å²) in [5.74, 6) is 0.695. The SMILES string of the molecule is COc1ccc(/C(=C/C#N)c2cc(OC)c(OC)c(OC)c2)cc1N(C(=O)OC(C)(C)C)C(=O)C(C)N. The van der Waals surface area contributed by atoms with E-state index in [2.05, 4.69) is 0 Å². The van der Waals surface area contributed by atoms with Crippen molar-refractivity contribution in [3.05, 3.63) is 47.5 Å². The summed E-state index contributed by atoms with van der Waals surface area (Å²) in [6, 6.07) is 9.24. The van der Waals surface area contributed by atoms with Gasteiger partial charge >= 0.3 is 6.09 Å². The quantitative estimate of drug-likeness (QED) is 0.515. The Hall–Kier alpha value is -4.23. The van der Waals surface area contributed by atoms with E-state index in [1.807, 2.05) is 6.07 Å². The highest BCUT2D eigenvalue weighted by molar-refractivity contribution is 6.15. The van der Waals surface area contributed by atoms with Gasteiger partial charge < -0.3 is 29.4 Å². The summed E-state index contributed by atoms with van der Waals surface area (Å²) in [7, 11) is 5.87. The van der Waals surface area contributed by atoms with Crippen LogP contribution in [0.2, 0.25) is 0 Å². The fourth-order valence-corrected chi connectivity index (χ4v) is 3.48. The summed E-state index contributed by atoms with van der Waals surface area (Å²) in [5.41, 5.74) is 6.61. The highest BCUT2D eigenvalue weighted by Gasteiger charge is 2.33. The minimum atomic E-state index is -1.01. The van der Waals surface area contributed by atoms with E-state index in [4.69, 9.17) is 29.4 Å². The number of nitrogens with two attached hydrogens (primary N) is 1. The predicted octanol–water partition coefficient (Wildman–Crippen LogP) is 4.29. The molecule has 0 aromatic heterocycles. The fourth-order valence-electron chi connectivity index (χ4n) is 3.48. The Labute approximate surface area is 217 Å². The van der Waals surface area contributed by atoms with Gasteiger partial charge in [0.25, 0.3) is 5.91 Å². The monoisotopic (exact) mass is 511 g/mol. The summed E-state index contributed by atoms with van der Waals surface area (Å²) < 4.78 is 27.2. The van der Waals surface area contributed by atoms with Gasteiger partial charge in [-0.2, -0.15) is 5.26 Å². The summed E-state index contributed by atoms with van der Waals surface area (Å²) in [5, 5.41) is 9.58. The molecule has 0 fully saturated rings. The molecule has 0 aliphatic carbocycles. The molecule has 10 heteroatoms. The number of hydrogen-bond donors (Lipinski definition) is 1. The Morgan fingerprint density at radius 1 is 0.946 bits per heavy atom. The number of carbonyl (C=O) groups excluding carboxylic acids is 2. The standard InChI is InChI=1S/C27H33N3O7/c1-16(29)25(31)30(26(32)37-27(2,3)4)20-13-17(9-10-21(20)33-5)19(11-12-28)18-14-22(34-6)24(36-8)23(15-18)35-7/h9-11,13-16H,29H2,1-8H3/b19-11-. The Kier molecular flexibility index (Phi) is 9.52. The minimum absolute atomic E-state index is 0.104. The van der Waals surface area contributed by atoms with Crippen molar-refractivity contribution >= 4 is 23.3 Å². The van der Waals surface area contributed by atoms with Gasteiger partial charge in [0.2, 0.25) is 5.75 Å². The molecule has 10 nitrogen and oxygen atoms in total. The lowest BCUT2D eigenvalue weighted by Crippen LogP contribution is -2.47. The average Bonchev–Trinajstić information content (AvgIpc) is 2.85. The van der Waals surface area contributed by atoms with Gasteiger partial charge in [0.15, 0.2) is 11.5 Å². The number of nitriles is 1. The molecular weight excluding hydrogens is 478 g/mol. The van der Waals surface area contributed by atoms with E-state index in [1.54, 1.807) is 51.1 Å². The zero-order valence-electron chi connectivity index (χ0n) is 22.4. The number of hydrogen-bond acceptors (Lipinski definition) is 9. The second-order valence-corrected chi connectivity index (χ2v) is 8.93. The maximum atomic E-state index is 13.1. The molecule has 2 rings (SSSR count). The summed E-state index contributed by atoms with van der Waals surface area (Å²) >= 11 is 0. The van der Waals surface area contributed by atoms with Crippen molar-refractivity contribution in [1.29, 1.82) is 5.26 Å². The van der Waals surface area contributed by atoms with E-state index >= 15 is 0 Å². The molecule has 0 heterocycles. The van der Waals surface area contributed by atoms with Crippen LogP contribution in [-0.4, -0.2) is 52.1 Å². The van der Waals surface area contributed by atoms with Crippen molar-refractivity contribution in [3.63, 3.8) is 0 Å². The van der Waals surface area contributed by atoms with E-state index in [-0.39, 0.29) is 11.4 Å². The van der Waals surface area contributed by atoms with Gasteiger partial charge in [-0.25, -0.2) is 9.69 Å². The number of amides is 2. The van der Waals surface area contributed by atoms with Crippen LogP contribution in [-0.2, 0) is 9.53 Å². The van der Waals surface area contributed by atoms with Crippen LogP contribution >= 0.6 is 0 Å². The second-order valence-electron chi connectivity index (χ2n) is 8.93. The van der Waals surface area contributed by atoms with Crippen molar-refractivity contribution in [1.82, 2.24) is 0 Å². The molecule has 0 saturated heterocycles. The van der Waals surface area contributed by atoms with Crippen molar-refractivity contribution < 1.29 is 33.3 Å². The molecule has 2 amide bonds. The first-order valence-electron chi connectivity index (χ1n) is 11.3. The third-order valence-electron chi connectivity index (χ3n) is 5.10. The Morgan fingerprint density at radius 3 is 1.95 bits per heavy atom. The van der Waals surface area contributed by atoms with E-state index in [0.717, 1.165) is 4.90 Å². The summed E-state index contributed by atoms with van der Waals surface area (Å²) in [6.45, 7) is 6.52. The topological polar surface area (TPSA) is 133 Å². The van der Waals surface area contributed by atoms with Crippen LogP contribution in [0.5, 0.6) is 23.0 Å². The molecule has 1 atom stereocenters. The molecule has 0 bridgehead atoms. The van der Waals surface area contributed by atoms with Crippen molar-refractivity contribution in [2.24, 2.45) is 5.73 Å². The molecule has 2 N–H and O–H groups in total. The van der Waals surface area contributed by atoms with Gasteiger partial charge in [0.1, 0.15) is 11.4 Å². The third kappa shape index (κ3) is 6.71. The third-order valence-corrected chi connectivity index (χ3v) is 5.10. The number of anilines is 1. The van der Waals surface area contributed by atoms with Gasteiger partial charge in [-0.15, -0.1) is 0 Å². The van der Waals surface area contributed by atoms with Gasteiger partial charge in [0.05, 0.1) is 46.2 Å². The van der Waals surface area contributed by atoms with Crippen molar-refractivity contribution in [3.8, 4) is 29.1 Å². The molecule has 37 heavy (non-hydrogen) atoms. The van der Waals surface area contributed by atoms with Crippen LogP contribution < -0.4 is 29.6 Å². The Morgan fingerprint density at radius 2 is 1.51 bits per heavy atom. The fraction of sp³-hybridized carbons (Fsp3) is 0.370. The smallest absolute Gasteiger partial charge is 0.421 e. The number of imide groups is 1. The first kappa shape index (κ1) is 29.0. The maximum Gasteiger partial charge on any atom is 0.421 e. The molecule has 1 unspecified atom stereocenters. The van der Waals surface area contributed by atoms with E-state index in [1.165, 1.54) is 41.4 Å². The molecule has 2 aromatic carbocycles. The van der Waals surface area contributed by atoms with Crippen molar-refractivity contribution in [2.45, 2.75) is 39.3 Å². The van der Waals surface area contributed by atoms with Gasteiger partial charge in [-0.1, -0.05) is 6.07 Å². The van der Waals surface area contributed by atoms with Crippen LogP contribution in [0.4, 0.5) is 10.5 Å². The number of carbonyl (C=O) groups is 2. The molecule has 0 aliphatic rings. The Balaban J connectivity index is 2.80. The van der Waals surface area contributed by atoms with Crippen molar-refractivity contribution in [2.75, 3.05) is 33.3 Å². The molecule has 0 saturated carbocycles. The van der Waals surface area contributed by atoms with Gasteiger partial charge in [0, 0.05) is 6.08 Å². The lowest BCUT2D eigenvalue weighted by molar-refractivity contribution is -0.119. The van der Waals surface area contributed by atoms with E-state index in [9.17, 15) is 14.9 Å². The largest absolute Gasteiger partial charge is 0.495 e. The summed E-state index contributed by atoms with van der Waals surface area (Å²) in [6.07, 6.45) is 0.418. The highest BCUT2D eigenvalue weighted by atomic mass is 16.6. The normalized spacial score (nSPS) is 12.2. The van der Waals surface area contributed by atoms with Crippen LogP contribution in [0.15, 0.2) is 36.4 Å². The molecule has 0 aliphatic heterocycles. The first-order valence-corrected chi connectivity index (χ1v) is 11.3. The number of benzene rings is 2. The highest BCUT2D eigenvalue weighted by Crippen LogP contribution is 2.42. The zero-order valence-corrected chi connectivity index (χ0v) is 22.4. The Bertz CT molecular complexity index is 1200. The molecular formula is C27H33N3O7. The van der Waals surface area contributed by atoms with Crippen LogP contribution in [0.3, 0.4) is 0 Å². The lowest BCUT2D eigenvalue weighted by Gasteiger charge is -2.28. The first-order chi connectivity index (χ1) is 17.4. The summed E-state index contributed by atoms with van der Waals surface area (Å²) in [4.78, 5) is 27.1. The van der Waals surface area contributed by atoms with Crippen LogP contribution in [0.25, 0.3) is 5.57 Å². The second kappa shape index (κ2) is 12.1. The maximum absolute atomic E-state index is 13.1. The molecule has 0 radical (unpaired) electrons. The average molecular weight is 512 g/mol. The van der Waals surface area contributed by atoms with Crippen LogP contribution in [0, 0.1) is 11.3 Å². The van der Waals surface area contributed by atoms with E-state index in [0.29, 0.717) is 33.9 Å². The number of methoxy groups -OCH3 is 4. The predicted molar refractivity (Wildman–Crippen MR) is 139 cm³/mol.